The van der Waals surface area contributed by atoms with Gasteiger partial charge < -0.3 is 20.8 Å². The van der Waals surface area contributed by atoms with Gasteiger partial charge in [-0.3, -0.25) is 9.59 Å². The lowest BCUT2D eigenvalue weighted by atomic mass is 9.80. The first-order chi connectivity index (χ1) is 17.5. The van der Waals surface area contributed by atoms with Crippen LogP contribution in [0.3, 0.4) is 0 Å². The smallest absolute Gasteiger partial charge is 0.244 e. The minimum atomic E-state index is -0.836. The van der Waals surface area contributed by atoms with Crippen molar-refractivity contribution in [1.29, 1.82) is 0 Å². The number of hydrogen-bond donors (Lipinski definition) is 4. The van der Waals surface area contributed by atoms with Crippen LogP contribution in [0, 0.1) is 0 Å². The monoisotopic (exact) mass is 478 g/mol. The maximum absolute atomic E-state index is 13.6. The van der Waals surface area contributed by atoms with Gasteiger partial charge in [0.25, 0.3) is 0 Å². The van der Waals surface area contributed by atoms with Crippen LogP contribution in [-0.4, -0.2) is 34.1 Å². The Morgan fingerprint density at radius 1 is 0.472 bits per heavy atom. The molecule has 1 heterocycles. The first-order valence-corrected chi connectivity index (χ1v) is 11.8. The third-order valence-corrected chi connectivity index (χ3v) is 6.65. The molecular formula is C30H26N2O4. The van der Waals surface area contributed by atoms with Gasteiger partial charge in [-0.15, -0.1) is 0 Å². The van der Waals surface area contributed by atoms with E-state index in [4.69, 9.17) is 0 Å². The Bertz CT molecular complexity index is 1230. The van der Waals surface area contributed by atoms with Crippen molar-refractivity contribution in [2.75, 3.05) is 0 Å². The molecule has 0 spiro atoms. The van der Waals surface area contributed by atoms with Crippen LogP contribution >= 0.6 is 0 Å². The zero-order chi connectivity index (χ0) is 25.1. The number of carbonyl (C=O) groups excluding carboxylic acids is 2. The van der Waals surface area contributed by atoms with E-state index in [0.717, 1.165) is 22.3 Å². The number of benzene rings is 4. The predicted molar refractivity (Wildman–Crippen MR) is 137 cm³/mol. The van der Waals surface area contributed by atoms with Gasteiger partial charge in [-0.1, -0.05) is 84.9 Å². The number of piperazine rings is 1. The van der Waals surface area contributed by atoms with Crippen LogP contribution in [-0.2, 0) is 9.59 Å². The van der Waals surface area contributed by atoms with Crippen LogP contribution in [0.1, 0.15) is 34.1 Å². The van der Waals surface area contributed by atoms with Gasteiger partial charge in [-0.05, 0) is 46.5 Å². The third kappa shape index (κ3) is 4.66. The molecule has 1 fully saturated rings. The fourth-order valence-corrected chi connectivity index (χ4v) is 4.93. The fourth-order valence-electron chi connectivity index (χ4n) is 4.93. The third-order valence-electron chi connectivity index (χ3n) is 6.65. The zero-order valence-electron chi connectivity index (χ0n) is 19.4. The molecule has 6 heteroatoms. The Kier molecular flexibility index (Phi) is 6.41. The molecule has 1 aliphatic rings. The highest BCUT2D eigenvalue weighted by molar-refractivity contribution is 5.98. The second-order valence-electron chi connectivity index (χ2n) is 8.93. The summed E-state index contributed by atoms with van der Waals surface area (Å²) in [6.45, 7) is 0. The highest BCUT2D eigenvalue weighted by Gasteiger charge is 2.43. The van der Waals surface area contributed by atoms with Crippen LogP contribution in [0.4, 0.5) is 0 Å². The fraction of sp³-hybridized carbons (Fsp3) is 0.133. The number of aromatic hydroxyl groups is 2. The molecule has 4 aromatic carbocycles. The molecule has 4 aromatic rings. The lowest BCUT2D eigenvalue weighted by molar-refractivity contribution is -0.137. The summed E-state index contributed by atoms with van der Waals surface area (Å²) in [5.74, 6) is -1.21. The summed E-state index contributed by atoms with van der Waals surface area (Å²) >= 11 is 0. The Labute approximate surface area is 209 Å². The molecule has 2 amide bonds. The van der Waals surface area contributed by atoms with Crippen molar-refractivity contribution in [3.63, 3.8) is 0 Å². The molecule has 0 saturated carbocycles. The van der Waals surface area contributed by atoms with Gasteiger partial charge in [0, 0.05) is 11.8 Å². The first kappa shape index (κ1) is 23.2. The Balaban J connectivity index is 1.51. The van der Waals surface area contributed by atoms with Crippen LogP contribution in [0.15, 0.2) is 109 Å². The number of phenolic OH excluding ortho intramolecular Hbond substituents is 2. The summed E-state index contributed by atoms with van der Waals surface area (Å²) in [7, 11) is 0. The number of nitrogens with one attached hydrogen (secondary N) is 2. The second-order valence-corrected chi connectivity index (χ2v) is 8.93. The van der Waals surface area contributed by atoms with E-state index in [1.165, 1.54) is 0 Å². The maximum atomic E-state index is 13.6. The van der Waals surface area contributed by atoms with E-state index in [1.807, 2.05) is 60.7 Å². The van der Waals surface area contributed by atoms with E-state index < -0.39 is 23.9 Å². The van der Waals surface area contributed by atoms with Gasteiger partial charge in [-0.2, -0.15) is 0 Å². The molecule has 36 heavy (non-hydrogen) atoms. The minimum Gasteiger partial charge on any atom is -0.508 e. The average molecular weight is 479 g/mol. The number of rotatable bonds is 6. The highest BCUT2D eigenvalue weighted by Crippen LogP contribution is 2.34. The van der Waals surface area contributed by atoms with Crippen LogP contribution < -0.4 is 10.6 Å². The van der Waals surface area contributed by atoms with Crippen LogP contribution in [0.25, 0.3) is 0 Å². The molecule has 4 unspecified atom stereocenters. The Hall–Kier alpha value is -4.58. The van der Waals surface area contributed by atoms with Crippen LogP contribution in [0.5, 0.6) is 11.5 Å². The van der Waals surface area contributed by atoms with Crippen molar-refractivity contribution < 1.29 is 19.8 Å². The number of hydrogen-bond acceptors (Lipinski definition) is 4. The Morgan fingerprint density at radius 3 is 1.11 bits per heavy atom. The lowest BCUT2D eigenvalue weighted by Crippen LogP contribution is -2.64. The summed E-state index contributed by atoms with van der Waals surface area (Å²) < 4.78 is 0. The van der Waals surface area contributed by atoms with Crippen molar-refractivity contribution in [1.82, 2.24) is 10.6 Å². The number of carbonyl (C=O) groups is 2. The van der Waals surface area contributed by atoms with E-state index in [1.54, 1.807) is 48.5 Å². The molecule has 0 aromatic heterocycles. The van der Waals surface area contributed by atoms with Gasteiger partial charge in [0.2, 0.25) is 11.8 Å². The zero-order valence-corrected chi connectivity index (χ0v) is 19.4. The van der Waals surface area contributed by atoms with E-state index in [-0.39, 0.29) is 23.3 Å². The molecule has 180 valence electrons. The van der Waals surface area contributed by atoms with Gasteiger partial charge >= 0.3 is 0 Å². The first-order valence-electron chi connectivity index (χ1n) is 11.8. The van der Waals surface area contributed by atoms with Gasteiger partial charge in [0.05, 0.1) is 0 Å². The summed E-state index contributed by atoms with van der Waals surface area (Å²) in [5.41, 5.74) is 3.35. The molecule has 0 aliphatic carbocycles. The summed E-state index contributed by atoms with van der Waals surface area (Å²) in [6, 6.07) is 30.8. The molecule has 4 atom stereocenters. The van der Waals surface area contributed by atoms with Crippen LogP contribution in [0.2, 0.25) is 0 Å². The second kappa shape index (κ2) is 9.96. The molecule has 0 radical (unpaired) electrons. The van der Waals surface area contributed by atoms with E-state index in [0.29, 0.717) is 0 Å². The van der Waals surface area contributed by atoms with Gasteiger partial charge in [0.15, 0.2) is 0 Å². The molecular weight excluding hydrogens is 452 g/mol. The Morgan fingerprint density at radius 2 is 0.778 bits per heavy atom. The van der Waals surface area contributed by atoms with E-state index in [9.17, 15) is 19.8 Å². The summed E-state index contributed by atoms with van der Waals surface area (Å²) in [5, 5.41) is 25.5. The van der Waals surface area contributed by atoms with Crippen molar-refractivity contribution in [2.45, 2.75) is 23.9 Å². The molecule has 1 aliphatic heterocycles. The lowest BCUT2D eigenvalue weighted by Gasteiger charge is -2.38. The van der Waals surface area contributed by atoms with Crippen molar-refractivity contribution in [3.8, 4) is 11.5 Å². The predicted octanol–water partition coefficient (Wildman–Crippen LogP) is 4.05. The maximum Gasteiger partial charge on any atom is 0.244 e. The standard InChI is InChI=1S/C30H26N2O4/c33-23-15-11-21(12-16-23)25(19-7-3-1-4-8-19)27-29(35)32-28(30(36)31-27)26(20-9-5-2-6-10-20)22-13-17-24(34)18-14-22/h1-18,25-28,33-34H,(H,31,36)(H,32,35). The van der Waals surface area contributed by atoms with E-state index >= 15 is 0 Å². The van der Waals surface area contributed by atoms with Gasteiger partial charge in [-0.25, -0.2) is 0 Å². The SMILES string of the molecule is O=C1NC(C(c2ccccc2)c2ccc(O)cc2)C(=O)NC1C(c1ccccc1)c1ccc(O)cc1. The topological polar surface area (TPSA) is 98.7 Å². The largest absolute Gasteiger partial charge is 0.508 e. The van der Waals surface area contributed by atoms with Crippen molar-refractivity contribution >= 4 is 11.8 Å². The summed E-state index contributed by atoms with van der Waals surface area (Å²) in [6.07, 6.45) is 0. The summed E-state index contributed by atoms with van der Waals surface area (Å²) in [4.78, 5) is 27.2. The highest BCUT2D eigenvalue weighted by atomic mass is 16.3. The van der Waals surface area contributed by atoms with Gasteiger partial charge in [0.1, 0.15) is 23.6 Å². The molecule has 5 rings (SSSR count). The van der Waals surface area contributed by atoms with Crippen molar-refractivity contribution in [2.24, 2.45) is 0 Å². The minimum absolute atomic E-state index is 0.127. The van der Waals surface area contributed by atoms with Crippen molar-refractivity contribution in [3.05, 3.63) is 131 Å². The quantitative estimate of drug-likeness (QED) is 0.336. The van der Waals surface area contributed by atoms with E-state index in [2.05, 4.69) is 10.6 Å². The average Bonchev–Trinajstić information content (AvgIpc) is 2.90. The molecule has 6 nitrogen and oxygen atoms in total. The number of phenols is 2. The molecule has 4 N–H and O–H groups in total. The molecule has 0 bridgehead atoms. The normalized spacial score (nSPS) is 19.1. The molecule has 1 saturated heterocycles. The number of amides is 2.